The largest absolute Gasteiger partial charge is 0.294 e. The van der Waals surface area contributed by atoms with Crippen LogP contribution in [0.3, 0.4) is 0 Å². The summed E-state index contributed by atoms with van der Waals surface area (Å²) in [4.78, 5) is 0.0252. The van der Waals surface area contributed by atoms with E-state index < -0.39 is 10.1 Å². The average molecular weight is 251 g/mol. The number of halogens is 1. The van der Waals surface area contributed by atoms with Gasteiger partial charge < -0.3 is 0 Å². The second kappa shape index (κ2) is 5.49. The minimum absolute atomic E-state index is 0. The van der Waals surface area contributed by atoms with Crippen LogP contribution in [0.4, 0.5) is 0 Å². The van der Waals surface area contributed by atoms with Crippen LogP contribution >= 0.6 is 12.4 Å². The van der Waals surface area contributed by atoms with E-state index in [9.17, 15) is 8.42 Å². The minimum atomic E-state index is -4.07. The van der Waals surface area contributed by atoms with E-state index in [1.54, 1.807) is 6.07 Å². The van der Waals surface area contributed by atoms with Gasteiger partial charge in [0.2, 0.25) is 0 Å². The van der Waals surface area contributed by atoms with E-state index in [1.165, 1.54) is 6.07 Å². The summed E-state index contributed by atoms with van der Waals surface area (Å²) >= 11 is 0. The maximum absolute atomic E-state index is 11.0. The van der Waals surface area contributed by atoms with Gasteiger partial charge >= 0.3 is 0 Å². The summed E-state index contributed by atoms with van der Waals surface area (Å²) in [5, 5.41) is 0. The second-order valence-corrected chi connectivity index (χ2v) is 4.51. The van der Waals surface area contributed by atoms with Crippen LogP contribution < -0.4 is 0 Å². The fourth-order valence-corrected chi connectivity index (χ4v) is 2.16. The molecule has 0 aliphatic heterocycles. The Kier molecular flexibility index (Phi) is 5.28. The van der Waals surface area contributed by atoms with Crippen molar-refractivity contribution in [2.45, 2.75) is 31.6 Å². The van der Waals surface area contributed by atoms with E-state index in [-0.39, 0.29) is 17.3 Å². The Bertz CT molecular complexity index is 426. The predicted molar refractivity (Wildman–Crippen MR) is 62.3 cm³/mol. The van der Waals surface area contributed by atoms with Crippen LogP contribution in [-0.2, 0) is 23.0 Å². The Morgan fingerprint density at radius 2 is 1.80 bits per heavy atom. The third-order valence-electron chi connectivity index (χ3n) is 2.19. The van der Waals surface area contributed by atoms with Crippen LogP contribution in [0.1, 0.15) is 25.0 Å². The van der Waals surface area contributed by atoms with Gasteiger partial charge in [-0.2, -0.15) is 8.42 Å². The molecule has 0 saturated heterocycles. The highest BCUT2D eigenvalue weighted by Crippen LogP contribution is 2.18. The molecule has 86 valence electrons. The van der Waals surface area contributed by atoms with Gasteiger partial charge in [-0.1, -0.05) is 26.0 Å². The first-order valence-electron chi connectivity index (χ1n) is 4.58. The quantitative estimate of drug-likeness (QED) is 0.839. The van der Waals surface area contributed by atoms with Gasteiger partial charge in [0.1, 0.15) is 0 Å². The van der Waals surface area contributed by atoms with Crippen LogP contribution in [0.2, 0.25) is 0 Å². The van der Waals surface area contributed by atoms with Crippen molar-refractivity contribution >= 4 is 22.5 Å². The van der Waals surface area contributed by atoms with E-state index >= 15 is 0 Å². The maximum atomic E-state index is 11.0. The lowest BCUT2D eigenvalue weighted by atomic mass is 10.1. The zero-order valence-electron chi connectivity index (χ0n) is 8.73. The first kappa shape index (κ1) is 14.4. The highest BCUT2D eigenvalue weighted by atomic mass is 35.5. The van der Waals surface area contributed by atoms with Crippen LogP contribution in [-0.4, -0.2) is 13.0 Å². The van der Waals surface area contributed by atoms with Gasteiger partial charge in [-0.05, 0) is 30.0 Å². The van der Waals surface area contributed by atoms with E-state index in [0.717, 1.165) is 12.0 Å². The third-order valence-corrected chi connectivity index (χ3v) is 3.15. The Balaban J connectivity index is 0.00000196. The molecule has 1 N–H and O–H groups in total. The molecule has 0 aliphatic carbocycles. The van der Waals surface area contributed by atoms with Gasteiger partial charge in [0.05, 0.1) is 4.90 Å². The molecule has 0 unspecified atom stereocenters. The first-order valence-corrected chi connectivity index (χ1v) is 6.02. The molecule has 0 amide bonds. The van der Waals surface area contributed by atoms with Crippen molar-refractivity contribution in [2.24, 2.45) is 0 Å². The number of hydrogen-bond donors (Lipinski definition) is 1. The summed E-state index contributed by atoms with van der Waals surface area (Å²) in [7, 11) is -4.07. The summed E-state index contributed by atoms with van der Waals surface area (Å²) in [5.74, 6) is 0. The second-order valence-electron chi connectivity index (χ2n) is 3.12. The van der Waals surface area contributed by atoms with Crippen LogP contribution in [0.5, 0.6) is 0 Å². The third kappa shape index (κ3) is 3.48. The normalized spacial score (nSPS) is 10.9. The van der Waals surface area contributed by atoms with Crippen molar-refractivity contribution < 1.29 is 13.0 Å². The summed E-state index contributed by atoms with van der Waals surface area (Å²) in [5.41, 5.74) is 1.75. The molecular weight excluding hydrogens is 236 g/mol. The molecular formula is C10H15ClO3S. The maximum Gasteiger partial charge on any atom is 0.294 e. The Morgan fingerprint density at radius 1 is 1.20 bits per heavy atom. The molecule has 1 aromatic carbocycles. The van der Waals surface area contributed by atoms with E-state index in [1.807, 2.05) is 19.9 Å². The lowest BCUT2D eigenvalue weighted by molar-refractivity contribution is 0.482. The van der Waals surface area contributed by atoms with Crippen molar-refractivity contribution in [3.63, 3.8) is 0 Å². The predicted octanol–water partition coefficient (Wildman–Crippen LogP) is 2.48. The lowest BCUT2D eigenvalue weighted by Crippen LogP contribution is -2.03. The number of rotatable bonds is 3. The smallest absolute Gasteiger partial charge is 0.282 e. The molecule has 1 aromatic rings. The first-order chi connectivity index (χ1) is 6.49. The summed E-state index contributed by atoms with van der Waals surface area (Å²) in [6.07, 6.45) is 1.46. The van der Waals surface area contributed by atoms with Gasteiger partial charge in [-0.15, -0.1) is 12.4 Å². The fourth-order valence-electron chi connectivity index (χ4n) is 1.38. The fraction of sp³-hybridized carbons (Fsp3) is 0.400. The molecule has 15 heavy (non-hydrogen) atoms. The SMILES string of the molecule is CCc1ccc(S(=O)(=O)O)c(CC)c1.Cl. The van der Waals surface area contributed by atoms with Crippen molar-refractivity contribution in [3.05, 3.63) is 29.3 Å². The topological polar surface area (TPSA) is 54.4 Å². The zero-order valence-corrected chi connectivity index (χ0v) is 10.4. The Morgan fingerprint density at radius 3 is 2.20 bits per heavy atom. The van der Waals surface area contributed by atoms with Crippen molar-refractivity contribution in [2.75, 3.05) is 0 Å². The van der Waals surface area contributed by atoms with Gasteiger partial charge in [0.25, 0.3) is 10.1 Å². The monoisotopic (exact) mass is 250 g/mol. The highest BCUT2D eigenvalue weighted by molar-refractivity contribution is 7.85. The number of hydrogen-bond acceptors (Lipinski definition) is 2. The molecule has 0 bridgehead atoms. The highest BCUT2D eigenvalue weighted by Gasteiger charge is 2.13. The molecule has 0 spiro atoms. The summed E-state index contributed by atoms with van der Waals surface area (Å²) in [6.45, 7) is 3.87. The molecule has 0 aromatic heterocycles. The molecule has 0 heterocycles. The van der Waals surface area contributed by atoms with Crippen LogP contribution in [0.25, 0.3) is 0 Å². The van der Waals surface area contributed by atoms with Crippen molar-refractivity contribution in [1.82, 2.24) is 0 Å². The van der Waals surface area contributed by atoms with E-state index in [2.05, 4.69) is 0 Å². The summed E-state index contributed by atoms with van der Waals surface area (Å²) < 4.78 is 30.9. The van der Waals surface area contributed by atoms with Gasteiger partial charge in [-0.25, -0.2) is 0 Å². The Labute approximate surface area is 96.7 Å². The molecule has 1 rings (SSSR count). The molecule has 5 heteroatoms. The minimum Gasteiger partial charge on any atom is -0.282 e. The van der Waals surface area contributed by atoms with Gasteiger partial charge in [0, 0.05) is 0 Å². The lowest BCUT2D eigenvalue weighted by Gasteiger charge is -2.06. The summed E-state index contributed by atoms with van der Waals surface area (Å²) in [6, 6.07) is 5.01. The van der Waals surface area contributed by atoms with E-state index in [0.29, 0.717) is 12.0 Å². The molecule has 0 atom stereocenters. The average Bonchev–Trinajstić information content (AvgIpc) is 2.15. The zero-order chi connectivity index (χ0) is 10.8. The molecule has 3 nitrogen and oxygen atoms in total. The van der Waals surface area contributed by atoms with Crippen molar-refractivity contribution in [3.8, 4) is 0 Å². The van der Waals surface area contributed by atoms with Gasteiger partial charge in [0.15, 0.2) is 0 Å². The Hall–Kier alpha value is -0.580. The van der Waals surface area contributed by atoms with Crippen LogP contribution in [0, 0.1) is 0 Å². The number of aryl methyl sites for hydroxylation is 2. The van der Waals surface area contributed by atoms with Gasteiger partial charge in [-0.3, -0.25) is 4.55 Å². The van der Waals surface area contributed by atoms with Crippen LogP contribution in [0.15, 0.2) is 23.1 Å². The molecule has 0 fully saturated rings. The number of benzene rings is 1. The standard InChI is InChI=1S/C10H14O3S.ClH/c1-3-8-5-6-10(14(11,12)13)9(4-2)7-8;/h5-7H,3-4H2,1-2H3,(H,11,12,13);1H. The molecule has 0 saturated carbocycles. The van der Waals surface area contributed by atoms with Crippen molar-refractivity contribution in [1.29, 1.82) is 0 Å². The van der Waals surface area contributed by atoms with E-state index in [4.69, 9.17) is 4.55 Å². The molecule has 0 aliphatic rings. The molecule has 0 radical (unpaired) electrons.